The smallest absolute Gasteiger partial charge is 0.181 e. The summed E-state index contributed by atoms with van der Waals surface area (Å²) in [4.78, 5) is 16.6. The summed E-state index contributed by atoms with van der Waals surface area (Å²) in [6.07, 6.45) is 1.54. The number of hydrogen-bond donors (Lipinski definition) is 0. The number of ketones is 1. The van der Waals surface area contributed by atoms with Gasteiger partial charge in [0.05, 0.1) is 5.52 Å². The van der Waals surface area contributed by atoms with Crippen molar-refractivity contribution in [1.82, 2.24) is 4.98 Å². The Labute approximate surface area is 108 Å². The minimum atomic E-state index is 0.0460. The van der Waals surface area contributed by atoms with Crippen molar-refractivity contribution in [2.45, 2.75) is 33.6 Å². The first kappa shape index (κ1) is 12.7. The SMILES string of the molecule is CCC(C)(C)CC(=O)c1ccc2ccccc2n1. The van der Waals surface area contributed by atoms with Crippen molar-refractivity contribution in [2.75, 3.05) is 0 Å². The Morgan fingerprint density at radius 3 is 2.61 bits per heavy atom. The number of Topliss-reactive ketones (excluding diaryl/α,β-unsaturated/α-hetero) is 1. The van der Waals surface area contributed by atoms with Crippen LogP contribution in [0.25, 0.3) is 10.9 Å². The maximum Gasteiger partial charge on any atom is 0.181 e. The van der Waals surface area contributed by atoms with Crippen LogP contribution in [0.5, 0.6) is 0 Å². The number of pyridine rings is 1. The van der Waals surface area contributed by atoms with E-state index in [1.807, 2.05) is 36.4 Å². The summed E-state index contributed by atoms with van der Waals surface area (Å²) in [7, 11) is 0. The van der Waals surface area contributed by atoms with Gasteiger partial charge in [0.25, 0.3) is 0 Å². The first-order valence-corrected chi connectivity index (χ1v) is 6.41. The molecule has 0 amide bonds. The van der Waals surface area contributed by atoms with E-state index >= 15 is 0 Å². The van der Waals surface area contributed by atoms with Crippen LogP contribution in [0.15, 0.2) is 36.4 Å². The van der Waals surface area contributed by atoms with E-state index < -0.39 is 0 Å². The zero-order chi connectivity index (χ0) is 13.2. The van der Waals surface area contributed by atoms with Gasteiger partial charge in [-0.15, -0.1) is 0 Å². The number of nitrogens with zero attached hydrogens (tertiary/aromatic N) is 1. The Balaban J connectivity index is 2.28. The lowest BCUT2D eigenvalue weighted by atomic mass is 9.84. The van der Waals surface area contributed by atoms with Crippen LogP contribution in [0.2, 0.25) is 0 Å². The Bertz CT molecular complexity index is 572. The third-order valence-corrected chi connectivity index (χ3v) is 3.48. The average Bonchev–Trinajstić information content (AvgIpc) is 2.37. The fraction of sp³-hybridized carbons (Fsp3) is 0.375. The fourth-order valence-corrected chi connectivity index (χ4v) is 1.87. The molecule has 2 rings (SSSR count). The van der Waals surface area contributed by atoms with Crippen molar-refractivity contribution in [3.8, 4) is 0 Å². The molecule has 0 N–H and O–H groups in total. The summed E-state index contributed by atoms with van der Waals surface area (Å²) in [5.41, 5.74) is 1.51. The second-order valence-corrected chi connectivity index (χ2v) is 5.51. The summed E-state index contributed by atoms with van der Waals surface area (Å²) < 4.78 is 0. The van der Waals surface area contributed by atoms with Crippen LogP contribution in [0.4, 0.5) is 0 Å². The van der Waals surface area contributed by atoms with Gasteiger partial charge in [-0.05, 0) is 17.5 Å². The van der Waals surface area contributed by atoms with Gasteiger partial charge in [0.2, 0.25) is 0 Å². The molecule has 18 heavy (non-hydrogen) atoms. The normalized spacial score (nSPS) is 11.7. The highest BCUT2D eigenvalue weighted by Crippen LogP contribution is 2.26. The highest BCUT2D eigenvalue weighted by Gasteiger charge is 2.21. The van der Waals surface area contributed by atoms with Crippen molar-refractivity contribution in [2.24, 2.45) is 5.41 Å². The summed E-state index contributed by atoms with van der Waals surface area (Å²) >= 11 is 0. The number of hydrogen-bond acceptors (Lipinski definition) is 2. The molecule has 1 aromatic heterocycles. The highest BCUT2D eigenvalue weighted by atomic mass is 16.1. The quantitative estimate of drug-likeness (QED) is 0.749. The van der Waals surface area contributed by atoms with Gasteiger partial charge >= 0.3 is 0 Å². The van der Waals surface area contributed by atoms with E-state index in [1.54, 1.807) is 0 Å². The Morgan fingerprint density at radius 2 is 1.89 bits per heavy atom. The number of carbonyl (C=O) groups is 1. The number of fused-ring (bicyclic) bond motifs is 1. The molecule has 0 aliphatic carbocycles. The van der Waals surface area contributed by atoms with Gasteiger partial charge in [-0.3, -0.25) is 4.79 Å². The predicted octanol–water partition coefficient (Wildman–Crippen LogP) is 4.24. The zero-order valence-corrected chi connectivity index (χ0v) is 11.2. The lowest BCUT2D eigenvalue weighted by Gasteiger charge is -2.21. The second-order valence-electron chi connectivity index (χ2n) is 5.51. The molecule has 0 bridgehead atoms. The van der Waals surface area contributed by atoms with Crippen molar-refractivity contribution >= 4 is 16.7 Å². The van der Waals surface area contributed by atoms with Gasteiger partial charge < -0.3 is 0 Å². The third kappa shape index (κ3) is 2.76. The highest BCUT2D eigenvalue weighted by molar-refractivity contribution is 5.96. The van der Waals surface area contributed by atoms with Gasteiger partial charge in [-0.2, -0.15) is 0 Å². The summed E-state index contributed by atoms with van der Waals surface area (Å²) in [5.74, 6) is 0.132. The fourth-order valence-electron chi connectivity index (χ4n) is 1.87. The van der Waals surface area contributed by atoms with Crippen molar-refractivity contribution in [3.63, 3.8) is 0 Å². The molecule has 0 unspecified atom stereocenters. The van der Waals surface area contributed by atoms with Gasteiger partial charge in [-0.1, -0.05) is 51.5 Å². The third-order valence-electron chi connectivity index (χ3n) is 3.48. The van der Waals surface area contributed by atoms with E-state index in [-0.39, 0.29) is 11.2 Å². The monoisotopic (exact) mass is 241 g/mol. The van der Waals surface area contributed by atoms with Crippen LogP contribution in [0, 0.1) is 5.41 Å². The van der Waals surface area contributed by atoms with E-state index in [2.05, 4.69) is 25.8 Å². The molecule has 94 valence electrons. The zero-order valence-electron chi connectivity index (χ0n) is 11.2. The van der Waals surface area contributed by atoms with E-state index in [1.165, 1.54) is 0 Å². The van der Waals surface area contributed by atoms with Gasteiger partial charge in [-0.25, -0.2) is 4.98 Å². The number of aromatic nitrogens is 1. The lowest BCUT2D eigenvalue weighted by molar-refractivity contribution is 0.0924. The van der Waals surface area contributed by atoms with Gasteiger partial charge in [0.1, 0.15) is 5.69 Å². The Morgan fingerprint density at radius 1 is 1.17 bits per heavy atom. The lowest BCUT2D eigenvalue weighted by Crippen LogP contribution is -2.16. The molecule has 0 atom stereocenters. The molecule has 0 saturated carbocycles. The second kappa shape index (κ2) is 4.89. The van der Waals surface area contributed by atoms with Crippen LogP contribution >= 0.6 is 0 Å². The standard InChI is InChI=1S/C16H19NO/c1-4-16(2,3)11-15(18)14-10-9-12-7-5-6-8-13(12)17-14/h5-10H,4,11H2,1-3H3. The number of benzene rings is 1. The van der Waals surface area contributed by atoms with Crippen LogP contribution in [0.1, 0.15) is 44.1 Å². The summed E-state index contributed by atoms with van der Waals surface area (Å²) in [5, 5.41) is 1.07. The minimum Gasteiger partial charge on any atom is -0.292 e. The molecule has 1 aromatic carbocycles. The molecule has 0 aliphatic heterocycles. The largest absolute Gasteiger partial charge is 0.292 e. The van der Waals surface area contributed by atoms with Crippen LogP contribution in [-0.2, 0) is 0 Å². The molecule has 0 fully saturated rings. The predicted molar refractivity (Wildman–Crippen MR) is 74.8 cm³/mol. The number of rotatable bonds is 4. The summed E-state index contributed by atoms with van der Waals surface area (Å²) in [6, 6.07) is 11.7. The molecule has 0 spiro atoms. The minimum absolute atomic E-state index is 0.0460. The van der Waals surface area contributed by atoms with E-state index in [0.29, 0.717) is 12.1 Å². The van der Waals surface area contributed by atoms with Crippen molar-refractivity contribution < 1.29 is 4.79 Å². The Kier molecular flexibility index (Phi) is 3.46. The molecular formula is C16H19NO. The molecule has 0 radical (unpaired) electrons. The molecule has 2 heteroatoms. The number of para-hydroxylation sites is 1. The molecular weight excluding hydrogens is 222 g/mol. The molecule has 0 saturated heterocycles. The maximum atomic E-state index is 12.2. The maximum absolute atomic E-state index is 12.2. The molecule has 0 aliphatic rings. The van der Waals surface area contributed by atoms with Crippen LogP contribution in [0.3, 0.4) is 0 Å². The topological polar surface area (TPSA) is 30.0 Å². The van der Waals surface area contributed by atoms with Crippen LogP contribution in [-0.4, -0.2) is 10.8 Å². The molecule has 2 nitrogen and oxygen atoms in total. The first-order chi connectivity index (χ1) is 8.52. The Hall–Kier alpha value is -1.70. The molecule has 1 heterocycles. The van der Waals surface area contributed by atoms with Gasteiger partial charge in [0.15, 0.2) is 5.78 Å². The molecule has 2 aromatic rings. The first-order valence-electron chi connectivity index (χ1n) is 6.41. The van der Waals surface area contributed by atoms with Crippen LogP contribution < -0.4 is 0 Å². The van der Waals surface area contributed by atoms with E-state index in [4.69, 9.17) is 0 Å². The summed E-state index contributed by atoms with van der Waals surface area (Å²) in [6.45, 7) is 6.35. The van der Waals surface area contributed by atoms with Gasteiger partial charge in [0, 0.05) is 11.8 Å². The van der Waals surface area contributed by atoms with E-state index in [0.717, 1.165) is 17.3 Å². The van der Waals surface area contributed by atoms with Crippen molar-refractivity contribution in [1.29, 1.82) is 0 Å². The van der Waals surface area contributed by atoms with Crippen molar-refractivity contribution in [3.05, 3.63) is 42.1 Å². The van der Waals surface area contributed by atoms with E-state index in [9.17, 15) is 4.79 Å². The average molecular weight is 241 g/mol. The number of carbonyl (C=O) groups excluding carboxylic acids is 1.